The molecule has 3 heterocycles. The number of piperidine rings is 1. The summed E-state index contributed by atoms with van der Waals surface area (Å²) in [7, 11) is -3.65. The fourth-order valence-corrected chi connectivity index (χ4v) is 7.77. The lowest BCUT2D eigenvalue weighted by molar-refractivity contribution is 0.0517. The minimum absolute atomic E-state index is 0.0178. The Labute approximate surface area is 216 Å². The van der Waals surface area contributed by atoms with Gasteiger partial charge >= 0.3 is 10.2 Å². The highest BCUT2D eigenvalue weighted by Crippen LogP contribution is 2.47. The second-order valence-electron chi connectivity index (χ2n) is 10.5. The van der Waals surface area contributed by atoms with E-state index in [1.54, 1.807) is 10.5 Å². The third-order valence-corrected chi connectivity index (χ3v) is 10.4. The number of nitrogens with one attached hydrogen (secondary N) is 1. The lowest BCUT2D eigenvalue weighted by Gasteiger charge is -2.36. The lowest BCUT2D eigenvalue weighted by atomic mass is 10.0. The fourth-order valence-electron chi connectivity index (χ4n) is 5.67. The molecule has 1 N–H and O–H groups in total. The molecule has 2 saturated heterocycles. The SMILES string of the molecule is O=c1c(Cl)c(NC[C@@H]2COCC3C[C@H]32)cnn1C1CCN(S(=O)(=O)N(c2ccccc2)C2CC2)CC1. The van der Waals surface area contributed by atoms with Crippen molar-refractivity contribution < 1.29 is 13.2 Å². The van der Waals surface area contributed by atoms with Gasteiger partial charge in [0.25, 0.3) is 5.56 Å². The molecule has 4 aliphatic rings. The van der Waals surface area contributed by atoms with Gasteiger partial charge < -0.3 is 10.1 Å². The molecule has 2 aromatic rings. The third-order valence-electron chi connectivity index (χ3n) is 7.98. The van der Waals surface area contributed by atoms with Crippen molar-refractivity contribution in [3.8, 4) is 0 Å². The average molecular weight is 534 g/mol. The summed E-state index contributed by atoms with van der Waals surface area (Å²) in [5, 5.41) is 7.85. The van der Waals surface area contributed by atoms with E-state index in [-0.39, 0.29) is 22.7 Å². The van der Waals surface area contributed by atoms with Crippen LogP contribution in [-0.2, 0) is 14.9 Å². The first-order valence-electron chi connectivity index (χ1n) is 12.9. The van der Waals surface area contributed by atoms with Gasteiger partial charge in [-0.15, -0.1) is 0 Å². The van der Waals surface area contributed by atoms with E-state index in [1.165, 1.54) is 15.4 Å². The summed E-state index contributed by atoms with van der Waals surface area (Å²) >= 11 is 6.45. The predicted octanol–water partition coefficient (Wildman–Crippen LogP) is 3.14. The van der Waals surface area contributed by atoms with Crippen LogP contribution in [0.1, 0.15) is 38.1 Å². The number of hydrogen-bond donors (Lipinski definition) is 1. The van der Waals surface area contributed by atoms with Crippen LogP contribution < -0.4 is 15.2 Å². The molecule has 2 saturated carbocycles. The molecule has 9 nitrogen and oxygen atoms in total. The Kier molecular flexibility index (Phi) is 6.47. The number of anilines is 2. The lowest BCUT2D eigenvalue weighted by Crippen LogP contribution is -2.49. The molecule has 1 aromatic carbocycles. The molecule has 0 bridgehead atoms. The number of para-hydroxylation sites is 1. The van der Waals surface area contributed by atoms with Crippen LogP contribution in [0, 0.1) is 17.8 Å². The zero-order chi connectivity index (χ0) is 24.9. The maximum atomic E-state index is 13.5. The van der Waals surface area contributed by atoms with E-state index in [4.69, 9.17) is 16.3 Å². The maximum absolute atomic E-state index is 13.5. The summed E-state index contributed by atoms with van der Waals surface area (Å²) < 4.78 is 37.3. The molecular weight excluding hydrogens is 502 g/mol. The van der Waals surface area contributed by atoms with Gasteiger partial charge in [0.15, 0.2) is 0 Å². The van der Waals surface area contributed by atoms with E-state index >= 15 is 0 Å². The Morgan fingerprint density at radius 2 is 1.86 bits per heavy atom. The smallest absolute Gasteiger partial charge is 0.304 e. The number of nitrogens with zero attached hydrogens (tertiary/aromatic N) is 4. The highest BCUT2D eigenvalue weighted by molar-refractivity contribution is 7.90. The number of ether oxygens (including phenoxy) is 1. The van der Waals surface area contributed by atoms with Crippen LogP contribution in [0.2, 0.25) is 5.02 Å². The Balaban J connectivity index is 1.11. The summed E-state index contributed by atoms with van der Waals surface area (Å²) in [6.07, 6.45) is 5.59. The van der Waals surface area contributed by atoms with Gasteiger partial charge in [-0.1, -0.05) is 29.8 Å². The number of fused-ring (bicyclic) bond motifs is 1. The number of hydrogen-bond acceptors (Lipinski definition) is 6. The van der Waals surface area contributed by atoms with Gasteiger partial charge in [0.1, 0.15) is 5.02 Å². The number of halogens is 1. The van der Waals surface area contributed by atoms with Crippen molar-refractivity contribution in [2.75, 3.05) is 42.5 Å². The van der Waals surface area contributed by atoms with E-state index in [9.17, 15) is 13.2 Å². The van der Waals surface area contributed by atoms with Crippen molar-refractivity contribution in [3.63, 3.8) is 0 Å². The standard InChI is InChI=1S/C25H32ClN5O4S/c26-24-23(27-13-18-16-35-15-17-12-22(17)18)14-28-30(25(24)32)19-8-10-29(11-9-19)36(33,34)31(21-6-7-21)20-4-2-1-3-5-20/h1-5,14,17-19,21-22,27H,6-13,15-16H2/t17?,18-,22-/m1/s1. The molecule has 36 heavy (non-hydrogen) atoms. The molecule has 11 heteroatoms. The molecule has 6 rings (SSSR count). The molecular formula is C25H32ClN5O4S. The van der Waals surface area contributed by atoms with E-state index in [0.29, 0.717) is 61.6 Å². The van der Waals surface area contributed by atoms with Crippen LogP contribution in [-0.4, -0.2) is 61.4 Å². The van der Waals surface area contributed by atoms with Gasteiger partial charge in [-0.25, -0.2) is 4.68 Å². The van der Waals surface area contributed by atoms with Crippen LogP contribution in [0.5, 0.6) is 0 Å². The highest BCUT2D eigenvalue weighted by Gasteiger charge is 2.46. The van der Waals surface area contributed by atoms with E-state index < -0.39 is 10.2 Å². The topological polar surface area (TPSA) is 96.8 Å². The summed E-state index contributed by atoms with van der Waals surface area (Å²) in [5.74, 6) is 1.82. The molecule has 2 aliphatic heterocycles. The van der Waals surface area contributed by atoms with Gasteiger partial charge in [-0.3, -0.25) is 9.10 Å². The van der Waals surface area contributed by atoms with Gasteiger partial charge in [-0.2, -0.15) is 17.8 Å². The second kappa shape index (κ2) is 9.63. The Morgan fingerprint density at radius 1 is 1.11 bits per heavy atom. The molecule has 2 aliphatic carbocycles. The first kappa shape index (κ1) is 24.2. The summed E-state index contributed by atoms with van der Waals surface area (Å²) in [5.41, 5.74) is 0.909. The van der Waals surface area contributed by atoms with Gasteiger partial charge in [0.2, 0.25) is 0 Å². The monoisotopic (exact) mass is 533 g/mol. The largest absolute Gasteiger partial charge is 0.382 e. The van der Waals surface area contributed by atoms with Crippen molar-refractivity contribution in [1.82, 2.24) is 14.1 Å². The minimum Gasteiger partial charge on any atom is -0.382 e. The number of benzene rings is 1. The first-order valence-corrected chi connectivity index (χ1v) is 14.6. The normalized spacial score (nSPS) is 26.9. The van der Waals surface area contributed by atoms with E-state index in [0.717, 1.165) is 26.1 Å². The van der Waals surface area contributed by atoms with Crippen LogP contribution in [0.15, 0.2) is 41.3 Å². The predicted molar refractivity (Wildman–Crippen MR) is 139 cm³/mol. The Morgan fingerprint density at radius 3 is 2.58 bits per heavy atom. The first-order chi connectivity index (χ1) is 17.4. The summed E-state index contributed by atoms with van der Waals surface area (Å²) in [6, 6.07) is 9.11. The quantitative estimate of drug-likeness (QED) is 0.560. The molecule has 4 fully saturated rings. The van der Waals surface area contributed by atoms with Crippen LogP contribution in [0.3, 0.4) is 0 Å². The van der Waals surface area contributed by atoms with Crippen LogP contribution >= 0.6 is 11.6 Å². The van der Waals surface area contributed by atoms with Crippen LogP contribution in [0.25, 0.3) is 0 Å². The average Bonchev–Trinajstić information content (AvgIpc) is 3.81. The maximum Gasteiger partial charge on any atom is 0.304 e. The number of rotatable bonds is 8. The zero-order valence-corrected chi connectivity index (χ0v) is 21.7. The van der Waals surface area contributed by atoms with Gasteiger partial charge in [0, 0.05) is 38.2 Å². The van der Waals surface area contributed by atoms with Crippen LogP contribution in [0.4, 0.5) is 11.4 Å². The van der Waals surface area contributed by atoms with Gasteiger partial charge in [0.05, 0.1) is 30.2 Å². The fraction of sp³-hybridized carbons (Fsp3) is 0.600. The molecule has 1 unspecified atom stereocenters. The molecule has 1 aromatic heterocycles. The molecule has 0 radical (unpaired) electrons. The van der Waals surface area contributed by atoms with Crippen molar-refractivity contribution in [2.24, 2.45) is 17.8 Å². The van der Waals surface area contributed by atoms with Crippen molar-refractivity contribution in [1.29, 1.82) is 0 Å². The minimum atomic E-state index is -3.65. The highest BCUT2D eigenvalue weighted by atomic mass is 35.5. The molecule has 0 amide bonds. The Bertz CT molecular complexity index is 1260. The van der Waals surface area contributed by atoms with Crippen molar-refractivity contribution in [3.05, 3.63) is 51.9 Å². The molecule has 3 atom stereocenters. The van der Waals surface area contributed by atoms with Crippen molar-refractivity contribution >= 4 is 33.2 Å². The van der Waals surface area contributed by atoms with E-state index in [1.807, 2.05) is 30.3 Å². The zero-order valence-electron chi connectivity index (χ0n) is 20.1. The molecule has 194 valence electrons. The third kappa shape index (κ3) is 4.64. The van der Waals surface area contributed by atoms with E-state index in [2.05, 4.69) is 10.4 Å². The van der Waals surface area contributed by atoms with Crippen molar-refractivity contribution in [2.45, 2.75) is 44.2 Å². The summed E-state index contributed by atoms with van der Waals surface area (Å²) in [4.78, 5) is 13.0. The second-order valence-corrected chi connectivity index (χ2v) is 12.6. The summed E-state index contributed by atoms with van der Waals surface area (Å²) in [6.45, 7) is 2.98. The number of aromatic nitrogens is 2. The Hall–Kier alpha value is -2.14. The molecule has 0 spiro atoms. The van der Waals surface area contributed by atoms with Gasteiger partial charge in [-0.05, 0) is 56.1 Å².